The van der Waals surface area contributed by atoms with Crippen molar-refractivity contribution in [3.05, 3.63) is 47.2 Å². The third-order valence-electron chi connectivity index (χ3n) is 5.84. The molecule has 190 valence electrons. The van der Waals surface area contributed by atoms with Crippen LogP contribution in [-0.4, -0.2) is 36.6 Å². The number of fused-ring (bicyclic) bond motifs is 1. The van der Waals surface area contributed by atoms with Crippen LogP contribution < -0.4 is 14.2 Å². The van der Waals surface area contributed by atoms with Gasteiger partial charge in [-0.2, -0.15) is 0 Å². The number of hydrogen-bond donors (Lipinski definition) is 1. The van der Waals surface area contributed by atoms with E-state index >= 15 is 0 Å². The number of aromatic nitrogens is 1. The fourth-order valence-electron chi connectivity index (χ4n) is 3.98. The standard InChI is InChI=1S/C28H37NO6/c1-7-9-21-23(13-11-20-22(17-28(3,4)5)29-35-26(20)21)33-14-8-15-34-24-12-10-19(16-25(24)32-6)18(2)27(30)31/h10-13,16,18H,7-9,14-15,17H2,1-6H3,(H,30,31). The Balaban J connectivity index is 1.62. The average molecular weight is 484 g/mol. The van der Waals surface area contributed by atoms with E-state index in [0.29, 0.717) is 36.7 Å². The van der Waals surface area contributed by atoms with E-state index < -0.39 is 11.9 Å². The molecule has 0 bridgehead atoms. The maximum Gasteiger partial charge on any atom is 0.310 e. The predicted molar refractivity (Wildman–Crippen MR) is 136 cm³/mol. The molecule has 0 aliphatic heterocycles. The van der Waals surface area contributed by atoms with E-state index in [1.54, 1.807) is 32.2 Å². The minimum atomic E-state index is -0.880. The fraction of sp³-hybridized carbons (Fsp3) is 0.500. The first-order valence-corrected chi connectivity index (χ1v) is 12.2. The summed E-state index contributed by atoms with van der Waals surface area (Å²) >= 11 is 0. The van der Waals surface area contributed by atoms with Crippen LogP contribution in [-0.2, 0) is 17.6 Å². The molecular formula is C28H37NO6. The summed E-state index contributed by atoms with van der Waals surface area (Å²) in [6, 6.07) is 9.28. The number of carbonyl (C=O) groups is 1. The number of ether oxygens (including phenoxy) is 3. The second-order valence-corrected chi connectivity index (χ2v) is 10.1. The molecule has 35 heavy (non-hydrogen) atoms. The summed E-state index contributed by atoms with van der Waals surface area (Å²) in [5.41, 5.74) is 3.66. The summed E-state index contributed by atoms with van der Waals surface area (Å²) < 4.78 is 23.2. The van der Waals surface area contributed by atoms with E-state index in [-0.39, 0.29) is 5.41 Å². The number of aliphatic carboxylic acids is 1. The van der Waals surface area contributed by atoms with Crippen LogP contribution in [0, 0.1) is 5.41 Å². The van der Waals surface area contributed by atoms with Gasteiger partial charge in [0.05, 0.1) is 31.9 Å². The van der Waals surface area contributed by atoms with E-state index in [1.807, 2.05) is 12.1 Å². The highest BCUT2D eigenvalue weighted by molar-refractivity contribution is 5.84. The van der Waals surface area contributed by atoms with Crippen LogP contribution in [0.25, 0.3) is 11.0 Å². The predicted octanol–water partition coefficient (Wildman–Crippen LogP) is 6.41. The van der Waals surface area contributed by atoms with E-state index in [1.165, 1.54) is 0 Å². The Morgan fingerprint density at radius 1 is 1.09 bits per heavy atom. The molecule has 1 atom stereocenters. The van der Waals surface area contributed by atoms with Gasteiger partial charge in [0, 0.05) is 17.4 Å². The minimum Gasteiger partial charge on any atom is -0.493 e. The zero-order chi connectivity index (χ0) is 25.6. The van der Waals surface area contributed by atoms with Crippen molar-refractivity contribution in [2.24, 2.45) is 5.41 Å². The quantitative estimate of drug-likeness (QED) is 0.297. The lowest BCUT2D eigenvalue weighted by atomic mass is 9.89. The van der Waals surface area contributed by atoms with Crippen LogP contribution >= 0.6 is 0 Å². The van der Waals surface area contributed by atoms with Gasteiger partial charge in [0.15, 0.2) is 17.1 Å². The monoisotopic (exact) mass is 483 g/mol. The van der Waals surface area contributed by atoms with Crippen LogP contribution in [0.2, 0.25) is 0 Å². The number of benzene rings is 2. The summed E-state index contributed by atoms with van der Waals surface area (Å²) in [6.45, 7) is 11.3. The molecule has 1 N–H and O–H groups in total. The van der Waals surface area contributed by atoms with Crippen LogP contribution in [0.1, 0.15) is 70.2 Å². The van der Waals surface area contributed by atoms with Gasteiger partial charge >= 0.3 is 5.97 Å². The summed E-state index contributed by atoms with van der Waals surface area (Å²) in [5, 5.41) is 14.6. The van der Waals surface area contributed by atoms with E-state index in [9.17, 15) is 9.90 Å². The highest BCUT2D eigenvalue weighted by atomic mass is 16.5. The van der Waals surface area contributed by atoms with Crippen molar-refractivity contribution in [2.75, 3.05) is 20.3 Å². The van der Waals surface area contributed by atoms with Crippen LogP contribution in [0.3, 0.4) is 0 Å². The normalized spacial score (nSPS) is 12.5. The summed E-state index contributed by atoms with van der Waals surface area (Å²) in [4.78, 5) is 11.2. The van der Waals surface area contributed by atoms with Crippen molar-refractivity contribution in [2.45, 2.75) is 66.2 Å². The molecule has 0 saturated carbocycles. The molecule has 1 heterocycles. The molecule has 3 rings (SSSR count). The van der Waals surface area contributed by atoms with Gasteiger partial charge in [-0.3, -0.25) is 4.79 Å². The summed E-state index contributed by atoms with van der Waals surface area (Å²) in [6.07, 6.45) is 3.35. The molecule has 0 fully saturated rings. The minimum absolute atomic E-state index is 0.126. The lowest BCUT2D eigenvalue weighted by Gasteiger charge is -2.16. The zero-order valence-electron chi connectivity index (χ0n) is 21.6. The molecule has 0 aliphatic carbocycles. The van der Waals surface area contributed by atoms with Gasteiger partial charge < -0.3 is 23.8 Å². The molecule has 0 aliphatic rings. The number of nitrogens with zero attached hydrogens (tertiary/aromatic N) is 1. The Morgan fingerprint density at radius 2 is 1.77 bits per heavy atom. The van der Waals surface area contributed by atoms with Crippen molar-refractivity contribution in [3.8, 4) is 17.2 Å². The number of methoxy groups -OCH3 is 1. The number of carboxylic acids is 1. The largest absolute Gasteiger partial charge is 0.493 e. The number of carboxylic acid groups (broad SMARTS) is 1. The first-order valence-electron chi connectivity index (χ1n) is 12.2. The molecule has 2 aromatic carbocycles. The topological polar surface area (TPSA) is 91.0 Å². The number of hydrogen-bond acceptors (Lipinski definition) is 6. The number of rotatable bonds is 12. The van der Waals surface area contributed by atoms with Crippen molar-refractivity contribution in [1.82, 2.24) is 5.16 Å². The van der Waals surface area contributed by atoms with E-state index in [2.05, 4.69) is 32.9 Å². The van der Waals surface area contributed by atoms with Crippen LogP contribution in [0.15, 0.2) is 34.9 Å². The second-order valence-electron chi connectivity index (χ2n) is 10.1. The number of aryl methyl sites for hydroxylation is 1. The van der Waals surface area contributed by atoms with Gasteiger partial charge in [-0.15, -0.1) is 0 Å². The zero-order valence-corrected chi connectivity index (χ0v) is 21.6. The van der Waals surface area contributed by atoms with Crippen molar-refractivity contribution in [1.29, 1.82) is 0 Å². The molecule has 3 aromatic rings. The van der Waals surface area contributed by atoms with Crippen LogP contribution in [0.4, 0.5) is 0 Å². The summed E-state index contributed by atoms with van der Waals surface area (Å²) in [5.74, 6) is 0.421. The van der Waals surface area contributed by atoms with Gasteiger partial charge in [-0.1, -0.05) is 45.3 Å². The lowest BCUT2D eigenvalue weighted by molar-refractivity contribution is -0.138. The molecule has 1 aromatic heterocycles. The SMILES string of the molecule is CCCc1c(OCCCOc2ccc(C(C)C(=O)O)cc2OC)ccc2c(CC(C)(C)C)noc12. The van der Waals surface area contributed by atoms with Gasteiger partial charge in [-0.25, -0.2) is 0 Å². The van der Waals surface area contributed by atoms with Gasteiger partial charge in [0.2, 0.25) is 0 Å². The Morgan fingerprint density at radius 3 is 2.40 bits per heavy atom. The van der Waals surface area contributed by atoms with Crippen LogP contribution in [0.5, 0.6) is 17.2 Å². The Kier molecular flexibility index (Phi) is 8.65. The van der Waals surface area contributed by atoms with Gasteiger partial charge in [-0.05, 0) is 55.0 Å². The molecule has 7 nitrogen and oxygen atoms in total. The third-order valence-corrected chi connectivity index (χ3v) is 5.84. The molecule has 7 heteroatoms. The first kappa shape index (κ1) is 26.4. The Hall–Kier alpha value is -3.22. The Labute approximate surface area is 207 Å². The highest BCUT2D eigenvalue weighted by Gasteiger charge is 2.21. The van der Waals surface area contributed by atoms with Gasteiger partial charge in [0.1, 0.15) is 5.75 Å². The maximum absolute atomic E-state index is 11.2. The van der Waals surface area contributed by atoms with Crippen molar-refractivity contribution in [3.63, 3.8) is 0 Å². The molecular weight excluding hydrogens is 446 g/mol. The second kappa shape index (κ2) is 11.5. The molecule has 0 saturated heterocycles. The lowest BCUT2D eigenvalue weighted by Crippen LogP contribution is -2.09. The first-order chi connectivity index (χ1) is 16.6. The third kappa shape index (κ3) is 6.68. The molecule has 0 spiro atoms. The smallest absolute Gasteiger partial charge is 0.310 e. The average Bonchev–Trinajstić information content (AvgIpc) is 3.20. The highest BCUT2D eigenvalue weighted by Crippen LogP contribution is 2.34. The van der Waals surface area contributed by atoms with E-state index in [0.717, 1.165) is 47.2 Å². The fourth-order valence-corrected chi connectivity index (χ4v) is 3.98. The van der Waals surface area contributed by atoms with Crippen molar-refractivity contribution >= 4 is 16.9 Å². The maximum atomic E-state index is 11.2. The summed E-state index contributed by atoms with van der Waals surface area (Å²) in [7, 11) is 1.54. The molecule has 0 radical (unpaired) electrons. The van der Waals surface area contributed by atoms with E-state index in [4.69, 9.17) is 18.7 Å². The van der Waals surface area contributed by atoms with Crippen molar-refractivity contribution < 1.29 is 28.6 Å². The van der Waals surface area contributed by atoms with Gasteiger partial charge in [0.25, 0.3) is 0 Å². The molecule has 1 unspecified atom stereocenters. The Bertz CT molecular complexity index is 1140. The molecule has 0 amide bonds.